The van der Waals surface area contributed by atoms with Gasteiger partial charge in [0, 0.05) is 4.47 Å². The number of nitrogen functional groups attached to an aromatic ring is 2. The SMILES string of the molecule is Nc1nc(N)nc(COC(=O)c2cccc(Br)c2)n1. The molecule has 2 aromatic rings. The zero-order valence-electron chi connectivity index (χ0n) is 9.71. The van der Waals surface area contributed by atoms with Gasteiger partial charge in [0.1, 0.15) is 0 Å². The van der Waals surface area contributed by atoms with E-state index in [0.29, 0.717) is 5.56 Å². The van der Waals surface area contributed by atoms with E-state index < -0.39 is 5.97 Å². The minimum atomic E-state index is -0.487. The Balaban J connectivity index is 2.04. The van der Waals surface area contributed by atoms with Crippen LogP contribution in [-0.2, 0) is 11.3 Å². The number of rotatable bonds is 3. The van der Waals surface area contributed by atoms with Crippen molar-refractivity contribution in [3.05, 3.63) is 40.1 Å². The van der Waals surface area contributed by atoms with E-state index in [1.807, 2.05) is 6.07 Å². The second kappa shape index (κ2) is 5.61. The fraction of sp³-hybridized carbons (Fsp3) is 0.0909. The van der Waals surface area contributed by atoms with Crippen molar-refractivity contribution in [2.75, 3.05) is 11.5 Å². The fourth-order valence-electron chi connectivity index (χ4n) is 1.35. The van der Waals surface area contributed by atoms with E-state index >= 15 is 0 Å². The molecule has 0 saturated heterocycles. The highest BCUT2D eigenvalue weighted by Gasteiger charge is 2.09. The lowest BCUT2D eigenvalue weighted by atomic mass is 10.2. The van der Waals surface area contributed by atoms with E-state index in [4.69, 9.17) is 16.2 Å². The van der Waals surface area contributed by atoms with Crippen molar-refractivity contribution < 1.29 is 9.53 Å². The molecule has 0 bridgehead atoms. The van der Waals surface area contributed by atoms with Crippen LogP contribution in [0.5, 0.6) is 0 Å². The highest BCUT2D eigenvalue weighted by Crippen LogP contribution is 2.13. The van der Waals surface area contributed by atoms with Crippen LogP contribution < -0.4 is 11.5 Å². The Bertz CT molecular complexity index is 600. The zero-order valence-corrected chi connectivity index (χ0v) is 11.3. The molecule has 4 N–H and O–H groups in total. The van der Waals surface area contributed by atoms with E-state index in [1.54, 1.807) is 18.2 Å². The summed E-state index contributed by atoms with van der Waals surface area (Å²) in [4.78, 5) is 23.0. The quantitative estimate of drug-likeness (QED) is 0.813. The maximum absolute atomic E-state index is 11.8. The van der Waals surface area contributed by atoms with Gasteiger partial charge in [-0.15, -0.1) is 0 Å². The molecule has 0 aliphatic rings. The van der Waals surface area contributed by atoms with Gasteiger partial charge in [-0.1, -0.05) is 22.0 Å². The first-order valence-corrected chi connectivity index (χ1v) is 6.02. The van der Waals surface area contributed by atoms with Crippen molar-refractivity contribution in [2.24, 2.45) is 0 Å². The fourth-order valence-corrected chi connectivity index (χ4v) is 1.75. The summed E-state index contributed by atoms with van der Waals surface area (Å²) in [5.41, 5.74) is 11.2. The Hall–Kier alpha value is -2.22. The molecule has 0 radical (unpaired) electrons. The highest BCUT2D eigenvalue weighted by atomic mass is 79.9. The number of hydrogen-bond acceptors (Lipinski definition) is 7. The Morgan fingerprint density at radius 2 is 1.89 bits per heavy atom. The molecule has 0 unspecified atom stereocenters. The van der Waals surface area contributed by atoms with Gasteiger partial charge in [-0.25, -0.2) is 4.79 Å². The van der Waals surface area contributed by atoms with Crippen LogP contribution >= 0.6 is 15.9 Å². The van der Waals surface area contributed by atoms with Gasteiger partial charge >= 0.3 is 5.97 Å². The number of nitrogens with zero attached hydrogens (tertiary/aromatic N) is 3. The molecule has 19 heavy (non-hydrogen) atoms. The highest BCUT2D eigenvalue weighted by molar-refractivity contribution is 9.10. The molecule has 0 saturated carbocycles. The third-order valence-corrected chi connectivity index (χ3v) is 2.60. The third-order valence-electron chi connectivity index (χ3n) is 2.11. The lowest BCUT2D eigenvalue weighted by Gasteiger charge is -2.05. The Kier molecular flexibility index (Phi) is 3.91. The zero-order chi connectivity index (χ0) is 13.8. The van der Waals surface area contributed by atoms with Gasteiger partial charge in [0.25, 0.3) is 0 Å². The summed E-state index contributed by atoms with van der Waals surface area (Å²) >= 11 is 3.27. The van der Waals surface area contributed by atoms with Crippen molar-refractivity contribution in [1.82, 2.24) is 15.0 Å². The molecule has 1 heterocycles. The second-order valence-corrected chi connectivity index (χ2v) is 4.47. The topological polar surface area (TPSA) is 117 Å². The molecule has 0 fully saturated rings. The Labute approximate surface area is 117 Å². The summed E-state index contributed by atoms with van der Waals surface area (Å²) in [7, 11) is 0. The van der Waals surface area contributed by atoms with Gasteiger partial charge in [0.15, 0.2) is 12.4 Å². The normalized spacial score (nSPS) is 10.2. The minimum Gasteiger partial charge on any atom is -0.454 e. The van der Waals surface area contributed by atoms with Crippen LogP contribution in [0.2, 0.25) is 0 Å². The number of hydrogen-bond donors (Lipinski definition) is 2. The Morgan fingerprint density at radius 1 is 1.21 bits per heavy atom. The number of carbonyl (C=O) groups excluding carboxylic acids is 1. The number of ether oxygens (including phenoxy) is 1. The predicted molar refractivity (Wildman–Crippen MR) is 71.9 cm³/mol. The molecule has 2 rings (SSSR count). The average molecular weight is 324 g/mol. The average Bonchev–Trinajstić information content (AvgIpc) is 2.35. The number of esters is 1. The molecule has 0 amide bonds. The standard InChI is InChI=1S/C11H10BrN5O2/c12-7-3-1-2-6(4-7)9(18)19-5-8-15-10(13)17-11(14)16-8/h1-4H,5H2,(H4,13,14,15,16,17). The molecule has 8 heteroatoms. The van der Waals surface area contributed by atoms with Crippen LogP contribution in [0.4, 0.5) is 11.9 Å². The molecule has 7 nitrogen and oxygen atoms in total. The molecule has 0 aliphatic heterocycles. The van der Waals surface area contributed by atoms with Crippen LogP contribution in [0.3, 0.4) is 0 Å². The van der Waals surface area contributed by atoms with E-state index in [1.165, 1.54) is 0 Å². The first-order valence-electron chi connectivity index (χ1n) is 5.23. The van der Waals surface area contributed by atoms with Crippen LogP contribution in [0, 0.1) is 0 Å². The number of carbonyl (C=O) groups is 1. The van der Waals surface area contributed by atoms with Crippen molar-refractivity contribution in [3.63, 3.8) is 0 Å². The smallest absolute Gasteiger partial charge is 0.338 e. The number of benzene rings is 1. The van der Waals surface area contributed by atoms with Gasteiger partial charge in [-0.2, -0.15) is 15.0 Å². The number of nitrogens with two attached hydrogens (primary N) is 2. The largest absolute Gasteiger partial charge is 0.454 e. The molecule has 0 atom stereocenters. The minimum absolute atomic E-state index is 0.0130. The summed E-state index contributed by atoms with van der Waals surface area (Å²) in [6, 6.07) is 6.84. The summed E-state index contributed by atoms with van der Waals surface area (Å²) in [6.45, 7) is -0.123. The van der Waals surface area contributed by atoms with Gasteiger partial charge in [0.05, 0.1) is 5.56 Å². The predicted octanol–water partition coefficient (Wildman–Crippen LogP) is 1.16. The monoisotopic (exact) mass is 323 g/mol. The van der Waals surface area contributed by atoms with E-state index in [0.717, 1.165) is 4.47 Å². The van der Waals surface area contributed by atoms with Gasteiger partial charge in [-0.3, -0.25) is 0 Å². The number of anilines is 2. The molecular formula is C11H10BrN5O2. The van der Waals surface area contributed by atoms with E-state index in [2.05, 4.69) is 30.9 Å². The molecule has 1 aromatic heterocycles. The molecule has 98 valence electrons. The van der Waals surface area contributed by atoms with Gasteiger partial charge in [-0.05, 0) is 18.2 Å². The summed E-state index contributed by atoms with van der Waals surface area (Å²) in [5.74, 6) is -0.311. The molecular weight excluding hydrogens is 314 g/mol. The molecule has 0 aliphatic carbocycles. The van der Waals surface area contributed by atoms with Crippen LogP contribution in [0.15, 0.2) is 28.7 Å². The van der Waals surface area contributed by atoms with Crippen molar-refractivity contribution in [3.8, 4) is 0 Å². The van der Waals surface area contributed by atoms with Crippen molar-refractivity contribution in [2.45, 2.75) is 6.61 Å². The second-order valence-electron chi connectivity index (χ2n) is 3.55. The number of halogens is 1. The van der Waals surface area contributed by atoms with Crippen molar-refractivity contribution >= 4 is 33.8 Å². The lowest BCUT2D eigenvalue weighted by Crippen LogP contribution is -2.11. The van der Waals surface area contributed by atoms with E-state index in [-0.39, 0.29) is 24.3 Å². The maximum Gasteiger partial charge on any atom is 0.338 e. The number of aromatic nitrogens is 3. The molecule has 0 spiro atoms. The van der Waals surface area contributed by atoms with Gasteiger partial charge in [0.2, 0.25) is 11.9 Å². The first kappa shape index (κ1) is 13.2. The van der Waals surface area contributed by atoms with Crippen LogP contribution in [0.25, 0.3) is 0 Å². The Morgan fingerprint density at radius 3 is 2.53 bits per heavy atom. The lowest BCUT2D eigenvalue weighted by molar-refractivity contribution is 0.0462. The van der Waals surface area contributed by atoms with Crippen LogP contribution in [-0.4, -0.2) is 20.9 Å². The van der Waals surface area contributed by atoms with Crippen LogP contribution in [0.1, 0.15) is 16.2 Å². The first-order chi connectivity index (χ1) is 9.04. The van der Waals surface area contributed by atoms with Gasteiger partial charge < -0.3 is 16.2 Å². The maximum atomic E-state index is 11.8. The van der Waals surface area contributed by atoms with Crippen molar-refractivity contribution in [1.29, 1.82) is 0 Å². The summed E-state index contributed by atoms with van der Waals surface area (Å²) in [6.07, 6.45) is 0. The third kappa shape index (κ3) is 3.62. The molecule has 1 aromatic carbocycles. The van der Waals surface area contributed by atoms with E-state index in [9.17, 15) is 4.79 Å². The summed E-state index contributed by atoms with van der Waals surface area (Å²) in [5, 5.41) is 0. The summed E-state index contributed by atoms with van der Waals surface area (Å²) < 4.78 is 5.84.